The molecule has 4 aromatic rings. The van der Waals surface area contributed by atoms with Crippen LogP contribution >= 0.6 is 0 Å². The van der Waals surface area contributed by atoms with Crippen molar-refractivity contribution < 1.29 is 9.53 Å². The van der Waals surface area contributed by atoms with Gasteiger partial charge < -0.3 is 4.74 Å². The number of benzene rings is 3. The van der Waals surface area contributed by atoms with Crippen molar-refractivity contribution >= 4 is 5.97 Å². The summed E-state index contributed by atoms with van der Waals surface area (Å²) in [5.74, 6) is 0.911. The molecule has 1 aromatic heterocycles. The second-order valence-electron chi connectivity index (χ2n) is 5.92. The molecule has 0 radical (unpaired) electrons. The quantitative estimate of drug-likeness (QED) is 0.510. The van der Waals surface area contributed by atoms with E-state index in [9.17, 15) is 4.79 Å². The number of hydrogen-bond donors (Lipinski definition) is 0. The normalized spacial score (nSPS) is 10.6. The molecule has 0 aliphatic carbocycles. The maximum atomic E-state index is 12.3. The molecule has 1 heterocycles. The van der Waals surface area contributed by atoms with E-state index in [4.69, 9.17) is 4.74 Å². The molecule has 0 bridgehead atoms. The highest BCUT2D eigenvalue weighted by atomic mass is 16.5. The fourth-order valence-corrected chi connectivity index (χ4v) is 3.01. The number of esters is 1. The predicted molar refractivity (Wildman–Crippen MR) is 104 cm³/mol. The van der Waals surface area contributed by atoms with Crippen molar-refractivity contribution in [2.45, 2.75) is 0 Å². The lowest BCUT2D eigenvalue weighted by Crippen LogP contribution is -2.09. The van der Waals surface area contributed by atoms with Crippen LogP contribution < -0.4 is 0 Å². The molecule has 0 N–H and O–H groups in total. The van der Waals surface area contributed by atoms with Gasteiger partial charge in [-0.2, -0.15) is 0 Å². The van der Waals surface area contributed by atoms with Gasteiger partial charge >= 0.3 is 5.97 Å². The summed E-state index contributed by atoms with van der Waals surface area (Å²) in [4.78, 5) is 12.3. The van der Waals surface area contributed by atoms with E-state index in [0.717, 1.165) is 11.1 Å². The first-order chi connectivity index (χ1) is 13.3. The van der Waals surface area contributed by atoms with Crippen LogP contribution in [0.4, 0.5) is 0 Å². The Morgan fingerprint density at radius 1 is 0.741 bits per heavy atom. The summed E-state index contributed by atoms with van der Waals surface area (Å²) >= 11 is 0. The molecule has 5 nitrogen and oxygen atoms in total. The second kappa shape index (κ2) is 7.25. The summed E-state index contributed by atoms with van der Waals surface area (Å²) in [7, 11) is 1.38. The molecule has 3 aromatic carbocycles. The van der Waals surface area contributed by atoms with E-state index >= 15 is 0 Å². The zero-order valence-electron chi connectivity index (χ0n) is 14.7. The molecule has 0 unspecified atom stereocenters. The van der Waals surface area contributed by atoms with Gasteiger partial charge in [0.05, 0.1) is 18.4 Å². The van der Waals surface area contributed by atoms with Crippen LogP contribution in [0.15, 0.2) is 84.9 Å². The number of aromatic nitrogens is 3. The van der Waals surface area contributed by atoms with Crippen LogP contribution in [0.2, 0.25) is 0 Å². The van der Waals surface area contributed by atoms with Gasteiger partial charge in [-0.15, -0.1) is 10.2 Å². The number of carbonyl (C=O) groups excluding carboxylic acids is 1. The molecule has 0 saturated carbocycles. The van der Waals surface area contributed by atoms with E-state index in [1.165, 1.54) is 7.11 Å². The molecule has 132 valence electrons. The van der Waals surface area contributed by atoms with Crippen LogP contribution in [0.5, 0.6) is 0 Å². The van der Waals surface area contributed by atoms with Crippen molar-refractivity contribution in [1.29, 1.82) is 0 Å². The Kier molecular flexibility index (Phi) is 4.49. The van der Waals surface area contributed by atoms with Crippen molar-refractivity contribution in [3.63, 3.8) is 0 Å². The Labute approximate surface area is 156 Å². The van der Waals surface area contributed by atoms with E-state index in [2.05, 4.69) is 10.2 Å². The lowest BCUT2D eigenvalue weighted by atomic mass is 10.1. The van der Waals surface area contributed by atoms with E-state index < -0.39 is 5.97 Å². The van der Waals surface area contributed by atoms with Crippen molar-refractivity contribution in [2.24, 2.45) is 0 Å². The second-order valence-corrected chi connectivity index (χ2v) is 5.92. The number of para-hydroxylation sites is 1. The minimum Gasteiger partial charge on any atom is -0.465 e. The molecule has 27 heavy (non-hydrogen) atoms. The molecular weight excluding hydrogens is 338 g/mol. The number of carbonyl (C=O) groups is 1. The monoisotopic (exact) mass is 355 g/mol. The first-order valence-corrected chi connectivity index (χ1v) is 8.53. The smallest absolute Gasteiger partial charge is 0.339 e. The van der Waals surface area contributed by atoms with Gasteiger partial charge in [-0.25, -0.2) is 4.79 Å². The highest BCUT2D eigenvalue weighted by Crippen LogP contribution is 2.30. The van der Waals surface area contributed by atoms with E-state index in [0.29, 0.717) is 22.9 Å². The molecule has 4 rings (SSSR count). The summed E-state index contributed by atoms with van der Waals surface area (Å²) in [6, 6.07) is 26.9. The van der Waals surface area contributed by atoms with Gasteiger partial charge in [-0.1, -0.05) is 72.8 Å². The summed E-state index contributed by atoms with van der Waals surface area (Å²) in [6.07, 6.45) is 0. The van der Waals surface area contributed by atoms with Gasteiger partial charge in [0.2, 0.25) is 0 Å². The molecule has 0 aliphatic rings. The Bertz CT molecular complexity index is 1020. The standard InChI is InChI=1S/C22H17N3O2/c1-27-22(26)18-14-8-9-15-19(18)25-20(16-10-4-2-5-11-16)23-24-21(25)17-12-6-3-7-13-17/h2-15H,1H3. The number of rotatable bonds is 4. The van der Waals surface area contributed by atoms with Gasteiger partial charge in [0.25, 0.3) is 0 Å². The van der Waals surface area contributed by atoms with Crippen molar-refractivity contribution in [2.75, 3.05) is 7.11 Å². The lowest BCUT2D eigenvalue weighted by molar-refractivity contribution is 0.0601. The van der Waals surface area contributed by atoms with Gasteiger partial charge in [-0.3, -0.25) is 4.57 Å². The summed E-state index contributed by atoms with van der Waals surface area (Å²) in [5.41, 5.74) is 2.94. The number of hydrogen-bond acceptors (Lipinski definition) is 4. The Morgan fingerprint density at radius 2 is 1.22 bits per heavy atom. The topological polar surface area (TPSA) is 57.0 Å². The molecule has 0 atom stereocenters. The fourth-order valence-electron chi connectivity index (χ4n) is 3.01. The van der Waals surface area contributed by atoms with Crippen molar-refractivity contribution in [1.82, 2.24) is 14.8 Å². The SMILES string of the molecule is COC(=O)c1ccccc1-n1c(-c2ccccc2)nnc1-c1ccccc1. The molecule has 0 spiro atoms. The van der Waals surface area contributed by atoms with Gasteiger partial charge in [-0.05, 0) is 12.1 Å². The average Bonchev–Trinajstić information content (AvgIpc) is 3.19. The first kappa shape index (κ1) is 16.7. The van der Waals surface area contributed by atoms with Crippen LogP contribution in [0.1, 0.15) is 10.4 Å². The van der Waals surface area contributed by atoms with Crippen LogP contribution in [-0.2, 0) is 4.74 Å². The Balaban J connectivity index is 2.01. The molecule has 0 amide bonds. The molecule has 0 saturated heterocycles. The van der Waals surface area contributed by atoms with E-state index in [1.807, 2.05) is 83.4 Å². The zero-order valence-corrected chi connectivity index (χ0v) is 14.7. The largest absolute Gasteiger partial charge is 0.465 e. The van der Waals surface area contributed by atoms with Crippen LogP contribution in [-0.4, -0.2) is 27.8 Å². The fraction of sp³-hybridized carbons (Fsp3) is 0.0455. The van der Waals surface area contributed by atoms with Crippen molar-refractivity contribution in [3.8, 4) is 28.5 Å². The minimum absolute atomic E-state index is 0.405. The Hall–Kier alpha value is -3.73. The predicted octanol–water partition coefficient (Wildman–Crippen LogP) is 4.39. The van der Waals surface area contributed by atoms with Crippen LogP contribution in [0.25, 0.3) is 28.5 Å². The number of ether oxygens (including phenoxy) is 1. The highest BCUT2D eigenvalue weighted by molar-refractivity contribution is 5.94. The molecular formula is C22H17N3O2. The van der Waals surface area contributed by atoms with Gasteiger partial charge in [0.15, 0.2) is 11.6 Å². The first-order valence-electron chi connectivity index (χ1n) is 8.53. The third kappa shape index (κ3) is 3.11. The number of nitrogens with zero attached hydrogens (tertiary/aromatic N) is 3. The molecule has 0 fully saturated rings. The minimum atomic E-state index is -0.405. The maximum Gasteiger partial charge on any atom is 0.339 e. The van der Waals surface area contributed by atoms with Crippen molar-refractivity contribution in [3.05, 3.63) is 90.5 Å². The highest BCUT2D eigenvalue weighted by Gasteiger charge is 2.21. The third-order valence-corrected chi connectivity index (χ3v) is 4.28. The molecule has 0 aliphatic heterocycles. The Morgan fingerprint density at radius 3 is 1.74 bits per heavy atom. The van der Waals surface area contributed by atoms with E-state index in [1.54, 1.807) is 6.07 Å². The average molecular weight is 355 g/mol. The van der Waals surface area contributed by atoms with Crippen LogP contribution in [0, 0.1) is 0 Å². The summed E-state index contributed by atoms with van der Waals surface area (Å²) in [5, 5.41) is 8.85. The molecule has 5 heteroatoms. The summed E-state index contributed by atoms with van der Waals surface area (Å²) < 4.78 is 6.87. The zero-order chi connectivity index (χ0) is 18.6. The maximum absolute atomic E-state index is 12.3. The van der Waals surface area contributed by atoms with E-state index in [-0.39, 0.29) is 0 Å². The number of methoxy groups -OCH3 is 1. The van der Waals surface area contributed by atoms with Gasteiger partial charge in [0.1, 0.15) is 0 Å². The summed E-state index contributed by atoms with van der Waals surface area (Å²) in [6.45, 7) is 0. The van der Waals surface area contributed by atoms with Gasteiger partial charge in [0, 0.05) is 11.1 Å². The lowest BCUT2D eigenvalue weighted by Gasteiger charge is -2.14. The van der Waals surface area contributed by atoms with Crippen LogP contribution in [0.3, 0.4) is 0 Å². The third-order valence-electron chi connectivity index (χ3n) is 4.28.